The van der Waals surface area contributed by atoms with Gasteiger partial charge in [-0.1, -0.05) is 42.1 Å². The van der Waals surface area contributed by atoms with Crippen molar-refractivity contribution in [3.05, 3.63) is 65.7 Å². The SMILES string of the molecule is COc1ccccc1N(C(C)=O)c1nc(CSc2nnc(-c3ccccc3)o2)cs1. The summed E-state index contributed by atoms with van der Waals surface area (Å²) in [5, 5.41) is 11.2. The molecule has 0 saturated carbocycles. The fraction of sp³-hybridized carbons (Fsp3) is 0.143. The predicted molar refractivity (Wildman–Crippen MR) is 117 cm³/mol. The molecule has 2 heterocycles. The van der Waals surface area contributed by atoms with Gasteiger partial charge in [-0.25, -0.2) is 4.98 Å². The van der Waals surface area contributed by atoms with E-state index < -0.39 is 0 Å². The summed E-state index contributed by atoms with van der Waals surface area (Å²) >= 11 is 2.80. The third-order valence-electron chi connectivity index (χ3n) is 4.14. The van der Waals surface area contributed by atoms with Crippen LogP contribution in [0.4, 0.5) is 10.8 Å². The smallest absolute Gasteiger partial charge is 0.277 e. The molecule has 0 atom stereocenters. The maximum Gasteiger partial charge on any atom is 0.277 e. The van der Waals surface area contributed by atoms with Gasteiger partial charge < -0.3 is 9.15 Å². The minimum Gasteiger partial charge on any atom is -0.495 e. The number of rotatable bonds is 7. The van der Waals surface area contributed by atoms with Gasteiger partial charge in [0, 0.05) is 23.6 Å². The maximum atomic E-state index is 12.3. The topological polar surface area (TPSA) is 81.4 Å². The molecule has 0 bridgehead atoms. The summed E-state index contributed by atoms with van der Waals surface area (Å²) in [6, 6.07) is 17.0. The van der Waals surface area contributed by atoms with Gasteiger partial charge in [-0.15, -0.1) is 21.5 Å². The Morgan fingerprint density at radius 2 is 1.90 bits per heavy atom. The fourth-order valence-corrected chi connectivity index (χ4v) is 4.43. The van der Waals surface area contributed by atoms with E-state index in [1.807, 2.05) is 60.0 Å². The Balaban J connectivity index is 1.48. The highest BCUT2D eigenvalue weighted by Gasteiger charge is 2.21. The number of carbonyl (C=O) groups is 1. The van der Waals surface area contributed by atoms with E-state index in [0.29, 0.717) is 33.4 Å². The van der Waals surface area contributed by atoms with E-state index in [2.05, 4.69) is 15.2 Å². The van der Waals surface area contributed by atoms with Crippen molar-refractivity contribution in [2.24, 2.45) is 0 Å². The second kappa shape index (κ2) is 9.10. The lowest BCUT2D eigenvalue weighted by atomic mass is 10.2. The lowest BCUT2D eigenvalue weighted by molar-refractivity contribution is -0.115. The second-order valence-corrected chi connectivity index (χ2v) is 7.94. The first-order valence-electron chi connectivity index (χ1n) is 9.05. The van der Waals surface area contributed by atoms with Gasteiger partial charge >= 0.3 is 0 Å². The summed E-state index contributed by atoms with van der Waals surface area (Å²) in [6.07, 6.45) is 0. The van der Waals surface area contributed by atoms with Gasteiger partial charge in [0.1, 0.15) is 5.75 Å². The van der Waals surface area contributed by atoms with Crippen molar-refractivity contribution in [1.29, 1.82) is 0 Å². The molecule has 0 fully saturated rings. The monoisotopic (exact) mass is 438 g/mol. The van der Waals surface area contributed by atoms with E-state index in [4.69, 9.17) is 9.15 Å². The van der Waals surface area contributed by atoms with Crippen LogP contribution in [0.2, 0.25) is 0 Å². The van der Waals surface area contributed by atoms with Crippen molar-refractivity contribution in [2.75, 3.05) is 12.0 Å². The molecule has 152 valence electrons. The molecule has 4 rings (SSSR count). The molecule has 0 aliphatic carbocycles. The molecular formula is C21H18N4O3S2. The molecule has 2 aromatic carbocycles. The van der Waals surface area contributed by atoms with Crippen molar-refractivity contribution >= 4 is 39.8 Å². The van der Waals surface area contributed by atoms with Crippen LogP contribution in [0, 0.1) is 0 Å². The molecule has 7 nitrogen and oxygen atoms in total. The summed E-state index contributed by atoms with van der Waals surface area (Å²) in [5.41, 5.74) is 2.35. The van der Waals surface area contributed by atoms with Crippen LogP contribution in [0.15, 0.2) is 69.6 Å². The lowest BCUT2D eigenvalue weighted by Crippen LogP contribution is -2.23. The van der Waals surface area contributed by atoms with E-state index in [-0.39, 0.29) is 5.91 Å². The minimum atomic E-state index is -0.141. The van der Waals surface area contributed by atoms with Gasteiger partial charge in [-0.3, -0.25) is 9.69 Å². The number of ether oxygens (including phenoxy) is 1. The first-order valence-corrected chi connectivity index (χ1v) is 10.9. The Labute approximate surface area is 181 Å². The van der Waals surface area contributed by atoms with Crippen molar-refractivity contribution in [3.8, 4) is 17.2 Å². The quantitative estimate of drug-likeness (QED) is 0.368. The number of aromatic nitrogens is 3. The van der Waals surface area contributed by atoms with Gasteiger partial charge in [-0.05, 0) is 24.3 Å². The zero-order valence-corrected chi connectivity index (χ0v) is 17.9. The number of thiazole rings is 1. The third kappa shape index (κ3) is 4.37. The van der Waals surface area contributed by atoms with Crippen LogP contribution in [0.25, 0.3) is 11.5 Å². The molecule has 0 spiro atoms. The minimum absolute atomic E-state index is 0.141. The zero-order valence-electron chi connectivity index (χ0n) is 16.3. The van der Waals surface area contributed by atoms with Gasteiger partial charge in [0.15, 0.2) is 5.13 Å². The molecule has 0 saturated heterocycles. The Morgan fingerprint density at radius 1 is 1.13 bits per heavy atom. The molecule has 0 aliphatic heterocycles. The van der Waals surface area contributed by atoms with Gasteiger partial charge in [0.25, 0.3) is 5.22 Å². The first-order chi connectivity index (χ1) is 14.7. The zero-order chi connectivity index (χ0) is 20.9. The molecule has 0 unspecified atom stereocenters. The van der Waals surface area contributed by atoms with Crippen LogP contribution >= 0.6 is 23.1 Å². The average molecular weight is 439 g/mol. The van der Waals surface area contributed by atoms with Crippen LogP contribution in [0.3, 0.4) is 0 Å². The summed E-state index contributed by atoms with van der Waals surface area (Å²) in [4.78, 5) is 18.5. The highest BCUT2D eigenvalue weighted by molar-refractivity contribution is 7.98. The van der Waals surface area contributed by atoms with Crippen molar-refractivity contribution < 1.29 is 13.9 Å². The van der Waals surface area contributed by atoms with E-state index in [1.54, 1.807) is 12.0 Å². The van der Waals surface area contributed by atoms with E-state index in [0.717, 1.165) is 11.3 Å². The van der Waals surface area contributed by atoms with Crippen molar-refractivity contribution in [2.45, 2.75) is 17.9 Å². The normalized spacial score (nSPS) is 10.7. The highest BCUT2D eigenvalue weighted by atomic mass is 32.2. The van der Waals surface area contributed by atoms with Gasteiger partial charge in [-0.2, -0.15) is 0 Å². The molecule has 0 radical (unpaired) electrons. The van der Waals surface area contributed by atoms with E-state index in [9.17, 15) is 4.79 Å². The summed E-state index contributed by atoms with van der Waals surface area (Å²) < 4.78 is 11.1. The molecular weight excluding hydrogens is 420 g/mol. The largest absolute Gasteiger partial charge is 0.495 e. The third-order valence-corrected chi connectivity index (χ3v) is 5.87. The first kappa shape index (κ1) is 20.1. The highest BCUT2D eigenvalue weighted by Crippen LogP contribution is 2.36. The Bertz CT molecular complexity index is 1140. The molecule has 0 N–H and O–H groups in total. The summed E-state index contributed by atoms with van der Waals surface area (Å²) in [7, 11) is 1.58. The number of methoxy groups -OCH3 is 1. The predicted octanol–water partition coefficient (Wildman–Crippen LogP) is 5.18. The molecule has 4 aromatic rings. The Kier molecular flexibility index (Phi) is 6.10. The summed E-state index contributed by atoms with van der Waals surface area (Å²) in [5.74, 6) is 1.50. The number of benzene rings is 2. The number of hydrogen-bond acceptors (Lipinski definition) is 8. The molecule has 2 aromatic heterocycles. The number of anilines is 2. The second-order valence-electron chi connectivity index (χ2n) is 6.18. The van der Waals surface area contributed by atoms with Crippen LogP contribution in [0.1, 0.15) is 12.6 Å². The number of thioether (sulfide) groups is 1. The number of para-hydroxylation sites is 2. The summed E-state index contributed by atoms with van der Waals surface area (Å²) in [6.45, 7) is 1.51. The maximum absolute atomic E-state index is 12.3. The molecule has 0 aliphatic rings. The molecule has 30 heavy (non-hydrogen) atoms. The fourth-order valence-electron chi connectivity index (χ4n) is 2.79. The van der Waals surface area contributed by atoms with Crippen molar-refractivity contribution in [1.82, 2.24) is 15.2 Å². The Hall–Kier alpha value is -3.17. The van der Waals surface area contributed by atoms with Gasteiger partial charge in [0.2, 0.25) is 11.8 Å². The number of hydrogen-bond donors (Lipinski definition) is 0. The average Bonchev–Trinajstić information content (AvgIpc) is 3.43. The Morgan fingerprint density at radius 3 is 2.67 bits per heavy atom. The van der Waals surface area contributed by atoms with Crippen molar-refractivity contribution in [3.63, 3.8) is 0 Å². The molecule has 9 heteroatoms. The van der Waals surface area contributed by atoms with E-state index >= 15 is 0 Å². The number of nitrogens with zero attached hydrogens (tertiary/aromatic N) is 4. The number of amides is 1. The van der Waals surface area contributed by atoms with Crippen LogP contribution in [-0.4, -0.2) is 28.2 Å². The standard InChI is InChI=1S/C21H18N4O3S2/c1-14(26)25(17-10-6-7-11-18(17)27-2)20-22-16(12-29-20)13-30-21-24-23-19(28-21)15-8-4-3-5-9-15/h3-12H,13H2,1-2H3. The number of carbonyl (C=O) groups excluding carboxylic acids is 1. The molecule has 1 amide bonds. The van der Waals surface area contributed by atoms with Crippen LogP contribution < -0.4 is 9.64 Å². The van der Waals surface area contributed by atoms with Gasteiger partial charge in [0.05, 0.1) is 18.5 Å². The van der Waals surface area contributed by atoms with Crippen LogP contribution in [0.5, 0.6) is 5.75 Å². The van der Waals surface area contributed by atoms with E-state index in [1.165, 1.54) is 30.0 Å². The lowest BCUT2D eigenvalue weighted by Gasteiger charge is -2.20. The van der Waals surface area contributed by atoms with Crippen LogP contribution in [-0.2, 0) is 10.5 Å².